The van der Waals surface area contributed by atoms with Gasteiger partial charge in [0.15, 0.2) is 5.65 Å². The Morgan fingerprint density at radius 3 is 2.95 bits per heavy atom. The summed E-state index contributed by atoms with van der Waals surface area (Å²) in [6.07, 6.45) is 6.64. The van der Waals surface area contributed by atoms with Crippen molar-refractivity contribution in [3.63, 3.8) is 0 Å². The zero-order chi connectivity index (χ0) is 12.9. The molecule has 0 unspecified atom stereocenters. The SMILES string of the molecule is c1n[nH]c(CCCNc2ccc3nccnc3n2)n1. The monoisotopic (exact) mass is 255 g/mol. The number of H-pyrrole nitrogens is 1. The minimum Gasteiger partial charge on any atom is -0.370 e. The van der Waals surface area contributed by atoms with E-state index in [1.54, 1.807) is 12.4 Å². The van der Waals surface area contributed by atoms with E-state index in [0.29, 0.717) is 5.65 Å². The van der Waals surface area contributed by atoms with Crippen molar-refractivity contribution in [2.24, 2.45) is 0 Å². The van der Waals surface area contributed by atoms with Crippen molar-refractivity contribution in [3.8, 4) is 0 Å². The van der Waals surface area contributed by atoms with E-state index in [1.807, 2.05) is 12.1 Å². The van der Waals surface area contributed by atoms with Gasteiger partial charge in [-0.15, -0.1) is 0 Å². The van der Waals surface area contributed by atoms with E-state index in [2.05, 4.69) is 35.5 Å². The Balaban J connectivity index is 1.56. The van der Waals surface area contributed by atoms with Crippen molar-refractivity contribution >= 4 is 17.0 Å². The summed E-state index contributed by atoms with van der Waals surface area (Å²) in [5.41, 5.74) is 1.46. The Morgan fingerprint density at radius 1 is 1.11 bits per heavy atom. The van der Waals surface area contributed by atoms with Crippen molar-refractivity contribution in [2.45, 2.75) is 12.8 Å². The number of rotatable bonds is 5. The average Bonchev–Trinajstić information content (AvgIpc) is 2.97. The molecule has 0 amide bonds. The summed E-state index contributed by atoms with van der Waals surface area (Å²) >= 11 is 0. The fourth-order valence-electron chi connectivity index (χ4n) is 1.78. The minimum atomic E-state index is 0.655. The van der Waals surface area contributed by atoms with Crippen LogP contribution in [0.1, 0.15) is 12.2 Å². The van der Waals surface area contributed by atoms with Gasteiger partial charge in [0.1, 0.15) is 23.5 Å². The van der Waals surface area contributed by atoms with Gasteiger partial charge in [-0.2, -0.15) is 5.10 Å². The highest BCUT2D eigenvalue weighted by molar-refractivity contribution is 5.71. The van der Waals surface area contributed by atoms with E-state index in [-0.39, 0.29) is 0 Å². The van der Waals surface area contributed by atoms with Crippen LogP contribution in [0.3, 0.4) is 0 Å². The quantitative estimate of drug-likeness (QED) is 0.665. The number of anilines is 1. The molecule has 3 rings (SSSR count). The molecule has 0 atom stereocenters. The molecule has 3 heterocycles. The summed E-state index contributed by atoms with van der Waals surface area (Å²) in [6, 6.07) is 3.82. The highest BCUT2D eigenvalue weighted by atomic mass is 15.2. The van der Waals surface area contributed by atoms with Crippen LogP contribution in [-0.2, 0) is 6.42 Å². The van der Waals surface area contributed by atoms with Gasteiger partial charge in [0, 0.05) is 25.4 Å². The molecule has 0 saturated carbocycles. The molecule has 7 nitrogen and oxygen atoms in total. The van der Waals surface area contributed by atoms with Crippen LogP contribution >= 0.6 is 0 Å². The van der Waals surface area contributed by atoms with E-state index < -0.39 is 0 Å². The van der Waals surface area contributed by atoms with Gasteiger partial charge < -0.3 is 5.32 Å². The second-order valence-electron chi connectivity index (χ2n) is 4.06. The number of pyridine rings is 1. The molecule has 3 aromatic rings. The van der Waals surface area contributed by atoms with Crippen LogP contribution in [0.2, 0.25) is 0 Å². The number of aryl methyl sites for hydroxylation is 1. The van der Waals surface area contributed by atoms with Crippen LogP contribution in [0.25, 0.3) is 11.2 Å². The molecule has 0 bridgehead atoms. The Hall–Kier alpha value is -2.57. The third-order valence-corrected chi connectivity index (χ3v) is 2.69. The van der Waals surface area contributed by atoms with Gasteiger partial charge in [-0.25, -0.2) is 15.0 Å². The maximum atomic E-state index is 4.39. The molecule has 0 aliphatic heterocycles. The smallest absolute Gasteiger partial charge is 0.180 e. The van der Waals surface area contributed by atoms with Gasteiger partial charge in [0.2, 0.25) is 0 Å². The molecule has 0 aliphatic carbocycles. The predicted molar refractivity (Wildman–Crippen MR) is 70.5 cm³/mol. The molecule has 96 valence electrons. The highest BCUT2D eigenvalue weighted by Crippen LogP contribution is 2.10. The first-order valence-electron chi connectivity index (χ1n) is 6.08. The molecule has 3 aromatic heterocycles. The summed E-state index contributed by atoms with van der Waals surface area (Å²) in [4.78, 5) is 16.8. The largest absolute Gasteiger partial charge is 0.370 e. The van der Waals surface area contributed by atoms with Crippen molar-refractivity contribution in [1.29, 1.82) is 0 Å². The van der Waals surface area contributed by atoms with Crippen LogP contribution in [0.4, 0.5) is 5.82 Å². The topological polar surface area (TPSA) is 92.3 Å². The van der Waals surface area contributed by atoms with Crippen LogP contribution in [0.15, 0.2) is 30.9 Å². The molecule has 0 aromatic carbocycles. The number of fused-ring (bicyclic) bond motifs is 1. The van der Waals surface area contributed by atoms with E-state index in [1.165, 1.54) is 6.33 Å². The second-order valence-corrected chi connectivity index (χ2v) is 4.06. The number of nitrogens with one attached hydrogen (secondary N) is 2. The summed E-state index contributed by atoms with van der Waals surface area (Å²) in [5.74, 6) is 1.71. The Kier molecular flexibility index (Phi) is 3.26. The standard InChI is InChI=1S/C12H13N7/c1(2-11-16-8-17-19-11)5-14-10-4-3-9-12(18-10)15-7-6-13-9/h3-4,6-8H,1-2,5H2,(H,14,15,18)(H,16,17,19). The summed E-state index contributed by atoms with van der Waals surface area (Å²) in [7, 11) is 0. The Morgan fingerprint density at radius 2 is 2.05 bits per heavy atom. The third kappa shape index (κ3) is 2.82. The lowest BCUT2D eigenvalue weighted by Gasteiger charge is -2.05. The summed E-state index contributed by atoms with van der Waals surface area (Å²) in [5, 5.41) is 9.90. The van der Waals surface area contributed by atoms with Gasteiger partial charge in [0.25, 0.3) is 0 Å². The zero-order valence-corrected chi connectivity index (χ0v) is 10.2. The van der Waals surface area contributed by atoms with Crippen molar-refractivity contribution in [1.82, 2.24) is 30.1 Å². The number of hydrogen-bond donors (Lipinski definition) is 2. The van der Waals surface area contributed by atoms with Crippen molar-refractivity contribution in [2.75, 3.05) is 11.9 Å². The minimum absolute atomic E-state index is 0.655. The van der Waals surface area contributed by atoms with E-state index in [0.717, 1.165) is 36.5 Å². The fourth-order valence-corrected chi connectivity index (χ4v) is 1.78. The lowest BCUT2D eigenvalue weighted by Crippen LogP contribution is -2.05. The molecule has 7 heteroatoms. The van der Waals surface area contributed by atoms with Gasteiger partial charge >= 0.3 is 0 Å². The Bertz CT molecular complexity index is 650. The first-order valence-corrected chi connectivity index (χ1v) is 6.08. The fraction of sp³-hybridized carbons (Fsp3) is 0.250. The lowest BCUT2D eigenvalue weighted by molar-refractivity contribution is 0.804. The Labute approximate surface area is 109 Å². The van der Waals surface area contributed by atoms with Crippen molar-refractivity contribution < 1.29 is 0 Å². The second kappa shape index (κ2) is 5.38. The maximum Gasteiger partial charge on any atom is 0.180 e. The molecular weight excluding hydrogens is 242 g/mol. The third-order valence-electron chi connectivity index (χ3n) is 2.69. The van der Waals surface area contributed by atoms with Crippen LogP contribution in [0, 0.1) is 0 Å². The average molecular weight is 255 g/mol. The number of nitrogens with zero attached hydrogens (tertiary/aromatic N) is 5. The molecule has 0 spiro atoms. The lowest BCUT2D eigenvalue weighted by atomic mass is 10.3. The van der Waals surface area contributed by atoms with Gasteiger partial charge in [-0.05, 0) is 18.6 Å². The molecule has 2 N–H and O–H groups in total. The molecule has 19 heavy (non-hydrogen) atoms. The first kappa shape index (κ1) is 11.5. The zero-order valence-electron chi connectivity index (χ0n) is 10.2. The molecule has 0 aliphatic rings. The van der Waals surface area contributed by atoms with E-state index in [9.17, 15) is 0 Å². The van der Waals surface area contributed by atoms with Crippen LogP contribution < -0.4 is 5.32 Å². The first-order chi connectivity index (χ1) is 9.42. The molecular formula is C12H13N7. The maximum absolute atomic E-state index is 4.39. The normalized spacial score (nSPS) is 10.7. The highest BCUT2D eigenvalue weighted by Gasteiger charge is 2.00. The predicted octanol–water partition coefficient (Wildman–Crippen LogP) is 1.19. The van der Waals surface area contributed by atoms with E-state index >= 15 is 0 Å². The van der Waals surface area contributed by atoms with Crippen LogP contribution in [0.5, 0.6) is 0 Å². The van der Waals surface area contributed by atoms with Gasteiger partial charge in [-0.1, -0.05) is 0 Å². The van der Waals surface area contributed by atoms with Gasteiger partial charge in [0.05, 0.1) is 0 Å². The summed E-state index contributed by atoms with van der Waals surface area (Å²) < 4.78 is 0. The summed E-state index contributed by atoms with van der Waals surface area (Å²) in [6.45, 7) is 0.819. The van der Waals surface area contributed by atoms with Crippen molar-refractivity contribution in [3.05, 3.63) is 36.7 Å². The van der Waals surface area contributed by atoms with E-state index in [4.69, 9.17) is 0 Å². The molecule has 0 radical (unpaired) electrons. The van der Waals surface area contributed by atoms with Crippen LogP contribution in [-0.4, -0.2) is 36.7 Å². The number of hydrogen-bond acceptors (Lipinski definition) is 6. The molecule has 0 fully saturated rings. The molecule has 0 saturated heterocycles. The number of aromatic nitrogens is 6. The number of aromatic amines is 1. The van der Waals surface area contributed by atoms with Gasteiger partial charge in [-0.3, -0.25) is 10.1 Å².